The molecule has 144 valence electrons. The first-order valence-corrected chi connectivity index (χ1v) is 8.72. The number of halogens is 3. The molecule has 0 saturated carbocycles. The van der Waals surface area contributed by atoms with E-state index in [9.17, 15) is 20.2 Å². The Hall–Kier alpha value is -2.29. The molecule has 0 heterocycles. The SMILES string of the molecule is Cc1ccc(NC(Nc2ccc(C)cc2[N+](=O)[O-])C(Cl)(Cl)Cl)c([N+](=O)[O-])c1. The quantitative estimate of drug-likeness (QED) is 0.275. The van der Waals surface area contributed by atoms with Gasteiger partial charge >= 0.3 is 0 Å². The fourth-order valence-electron chi connectivity index (χ4n) is 2.34. The van der Waals surface area contributed by atoms with Crippen molar-refractivity contribution in [2.45, 2.75) is 23.8 Å². The van der Waals surface area contributed by atoms with Gasteiger partial charge in [-0.05, 0) is 37.1 Å². The van der Waals surface area contributed by atoms with E-state index in [-0.39, 0.29) is 22.7 Å². The van der Waals surface area contributed by atoms with E-state index < -0.39 is 19.8 Å². The number of hydrogen-bond acceptors (Lipinski definition) is 6. The van der Waals surface area contributed by atoms with Crippen LogP contribution in [0.4, 0.5) is 22.7 Å². The maximum absolute atomic E-state index is 11.3. The van der Waals surface area contributed by atoms with Gasteiger partial charge < -0.3 is 10.6 Å². The number of rotatable bonds is 6. The van der Waals surface area contributed by atoms with Gasteiger partial charge in [0.2, 0.25) is 3.79 Å². The zero-order chi connectivity index (χ0) is 20.4. The Morgan fingerprint density at radius 3 is 1.52 bits per heavy atom. The second-order valence-corrected chi connectivity index (χ2v) is 8.19. The second kappa shape index (κ2) is 8.16. The van der Waals surface area contributed by atoms with Gasteiger partial charge in [-0.1, -0.05) is 46.9 Å². The number of anilines is 2. The number of nitrogens with zero attached hydrogens (tertiary/aromatic N) is 2. The standard InChI is InChI=1S/C16H15Cl3N4O4/c1-9-3-5-11(13(7-9)22(24)25)20-15(16(17,18)19)21-12-6-4-10(2)8-14(12)23(26)27/h3-8,15,20-21H,1-2H3. The van der Waals surface area contributed by atoms with Crippen molar-refractivity contribution in [3.63, 3.8) is 0 Å². The molecule has 0 bridgehead atoms. The van der Waals surface area contributed by atoms with E-state index in [1.165, 1.54) is 24.3 Å². The molecule has 11 heteroatoms. The molecule has 0 fully saturated rings. The Kier molecular flexibility index (Phi) is 6.35. The van der Waals surface area contributed by atoms with Gasteiger partial charge in [-0.3, -0.25) is 20.2 Å². The Balaban J connectivity index is 2.42. The topological polar surface area (TPSA) is 110 Å². The Labute approximate surface area is 169 Å². The van der Waals surface area contributed by atoms with E-state index in [0.29, 0.717) is 11.1 Å². The molecule has 2 aromatic rings. The van der Waals surface area contributed by atoms with Gasteiger partial charge in [0.25, 0.3) is 11.4 Å². The van der Waals surface area contributed by atoms with E-state index in [0.717, 1.165) is 0 Å². The molecule has 2 rings (SSSR count). The minimum atomic E-state index is -1.97. The van der Waals surface area contributed by atoms with Crippen LogP contribution in [0.1, 0.15) is 11.1 Å². The second-order valence-electron chi connectivity index (χ2n) is 5.82. The van der Waals surface area contributed by atoms with Gasteiger partial charge in [0.1, 0.15) is 17.5 Å². The minimum Gasteiger partial charge on any atom is -0.356 e. The number of hydrogen-bond donors (Lipinski definition) is 2. The van der Waals surface area contributed by atoms with E-state index in [2.05, 4.69) is 10.6 Å². The molecule has 0 aliphatic heterocycles. The highest BCUT2D eigenvalue weighted by Crippen LogP contribution is 2.37. The van der Waals surface area contributed by atoms with E-state index in [1.54, 1.807) is 26.0 Å². The predicted molar refractivity (Wildman–Crippen MR) is 107 cm³/mol. The van der Waals surface area contributed by atoms with Crippen LogP contribution in [-0.4, -0.2) is 19.8 Å². The average molecular weight is 434 g/mol. The molecule has 8 nitrogen and oxygen atoms in total. The predicted octanol–water partition coefficient (Wildman–Crippen LogP) is 5.34. The number of aryl methyl sites for hydroxylation is 2. The van der Waals surface area contributed by atoms with Gasteiger partial charge in [-0.2, -0.15) is 0 Å². The summed E-state index contributed by atoms with van der Waals surface area (Å²) in [5.41, 5.74) is 1.14. The lowest BCUT2D eigenvalue weighted by molar-refractivity contribution is -0.384. The first kappa shape index (κ1) is 21.0. The molecule has 2 N–H and O–H groups in total. The molecule has 0 radical (unpaired) electrons. The van der Waals surface area contributed by atoms with Crippen LogP contribution in [0.2, 0.25) is 0 Å². The van der Waals surface area contributed by atoms with Gasteiger partial charge in [0.15, 0.2) is 0 Å². The zero-order valence-corrected chi connectivity index (χ0v) is 16.5. The first-order chi connectivity index (χ1) is 12.5. The number of nitro benzene ring substituents is 2. The van der Waals surface area contributed by atoms with Crippen molar-refractivity contribution in [2.75, 3.05) is 10.6 Å². The van der Waals surface area contributed by atoms with Crippen LogP contribution < -0.4 is 10.6 Å². The van der Waals surface area contributed by atoms with E-state index in [1.807, 2.05) is 0 Å². The van der Waals surface area contributed by atoms with Gasteiger partial charge in [0.05, 0.1) is 9.85 Å². The highest BCUT2D eigenvalue weighted by molar-refractivity contribution is 6.68. The van der Waals surface area contributed by atoms with Crippen LogP contribution in [0.3, 0.4) is 0 Å². The van der Waals surface area contributed by atoms with Crippen molar-refractivity contribution in [3.05, 3.63) is 67.8 Å². The van der Waals surface area contributed by atoms with E-state index in [4.69, 9.17) is 34.8 Å². The van der Waals surface area contributed by atoms with Crippen molar-refractivity contribution in [2.24, 2.45) is 0 Å². The molecular formula is C16H15Cl3N4O4. The third kappa shape index (κ3) is 5.35. The monoisotopic (exact) mass is 432 g/mol. The van der Waals surface area contributed by atoms with Crippen molar-refractivity contribution >= 4 is 57.6 Å². The number of nitro groups is 2. The fraction of sp³-hybridized carbons (Fsp3) is 0.250. The highest BCUT2D eigenvalue weighted by atomic mass is 35.6. The summed E-state index contributed by atoms with van der Waals surface area (Å²) in [6.07, 6.45) is -1.19. The summed E-state index contributed by atoms with van der Waals surface area (Å²) in [6, 6.07) is 8.99. The average Bonchev–Trinajstić information content (AvgIpc) is 2.55. The lowest BCUT2D eigenvalue weighted by Gasteiger charge is -2.28. The molecule has 0 aliphatic carbocycles. The summed E-state index contributed by atoms with van der Waals surface area (Å²) in [5, 5.41) is 28.1. The molecule has 0 saturated heterocycles. The summed E-state index contributed by atoms with van der Waals surface area (Å²) in [5.74, 6) is 0. The van der Waals surface area contributed by atoms with Gasteiger partial charge in [-0.25, -0.2) is 0 Å². The zero-order valence-electron chi connectivity index (χ0n) is 14.2. The number of nitrogens with one attached hydrogen (secondary N) is 2. The maximum Gasteiger partial charge on any atom is 0.292 e. The van der Waals surface area contributed by atoms with Crippen LogP contribution >= 0.6 is 34.8 Å². The van der Waals surface area contributed by atoms with Crippen molar-refractivity contribution in [1.82, 2.24) is 0 Å². The van der Waals surface area contributed by atoms with Crippen LogP contribution in [0.15, 0.2) is 36.4 Å². The van der Waals surface area contributed by atoms with Crippen molar-refractivity contribution < 1.29 is 9.85 Å². The maximum atomic E-state index is 11.3. The van der Waals surface area contributed by atoms with Gasteiger partial charge in [-0.15, -0.1) is 0 Å². The third-order valence-corrected chi connectivity index (χ3v) is 4.28. The lowest BCUT2D eigenvalue weighted by atomic mass is 10.1. The van der Waals surface area contributed by atoms with Crippen LogP contribution in [0, 0.1) is 34.1 Å². The molecule has 0 aliphatic rings. The van der Waals surface area contributed by atoms with Crippen LogP contribution in [0.5, 0.6) is 0 Å². The summed E-state index contributed by atoms with van der Waals surface area (Å²) < 4.78 is -1.97. The minimum absolute atomic E-state index is 0.101. The molecule has 27 heavy (non-hydrogen) atoms. The van der Waals surface area contributed by atoms with Crippen LogP contribution in [0.25, 0.3) is 0 Å². The van der Waals surface area contributed by atoms with Gasteiger partial charge in [0, 0.05) is 12.1 Å². The number of alkyl halides is 3. The highest BCUT2D eigenvalue weighted by Gasteiger charge is 2.35. The largest absolute Gasteiger partial charge is 0.356 e. The summed E-state index contributed by atoms with van der Waals surface area (Å²) in [6.45, 7) is 3.41. The smallest absolute Gasteiger partial charge is 0.292 e. The van der Waals surface area contributed by atoms with Crippen molar-refractivity contribution in [1.29, 1.82) is 0 Å². The molecular weight excluding hydrogens is 419 g/mol. The van der Waals surface area contributed by atoms with Crippen LogP contribution in [-0.2, 0) is 0 Å². The summed E-state index contributed by atoms with van der Waals surface area (Å²) >= 11 is 18.0. The molecule has 2 aromatic carbocycles. The number of benzene rings is 2. The summed E-state index contributed by atoms with van der Waals surface area (Å²) in [7, 11) is 0. The normalized spacial score (nSPS) is 11.3. The third-order valence-electron chi connectivity index (χ3n) is 3.63. The molecule has 0 spiro atoms. The molecule has 0 atom stereocenters. The Morgan fingerprint density at radius 2 is 1.22 bits per heavy atom. The van der Waals surface area contributed by atoms with Crippen molar-refractivity contribution in [3.8, 4) is 0 Å². The van der Waals surface area contributed by atoms with E-state index >= 15 is 0 Å². The molecule has 0 amide bonds. The molecule has 0 aromatic heterocycles. The Morgan fingerprint density at radius 1 is 0.852 bits per heavy atom. The Bertz CT molecular complexity index is 821. The first-order valence-electron chi connectivity index (χ1n) is 7.59. The lowest BCUT2D eigenvalue weighted by Crippen LogP contribution is -2.41. The molecule has 0 unspecified atom stereocenters. The fourth-order valence-corrected chi connectivity index (χ4v) is 2.67. The summed E-state index contributed by atoms with van der Waals surface area (Å²) in [4.78, 5) is 21.5.